The van der Waals surface area contributed by atoms with E-state index in [2.05, 4.69) is 0 Å². The zero-order valence-electron chi connectivity index (χ0n) is 13.6. The summed E-state index contributed by atoms with van der Waals surface area (Å²) in [5.74, 6) is 0.657. The van der Waals surface area contributed by atoms with E-state index in [1.165, 1.54) is 33.5 Å². The van der Waals surface area contributed by atoms with Gasteiger partial charge in [-0.25, -0.2) is 0 Å². The van der Waals surface area contributed by atoms with Crippen LogP contribution in [0.3, 0.4) is 0 Å². The molecule has 0 spiro atoms. The quantitative estimate of drug-likeness (QED) is 0.415. The van der Waals surface area contributed by atoms with E-state index in [1.807, 2.05) is 0 Å². The Balaban J connectivity index is 2.38. The van der Waals surface area contributed by atoms with Gasteiger partial charge in [0.15, 0.2) is 17.2 Å². The second kappa shape index (κ2) is 7.26. The van der Waals surface area contributed by atoms with Gasteiger partial charge in [-0.15, -0.1) is 0 Å². The Hall–Kier alpha value is -3.01. The molecule has 0 saturated heterocycles. The molecule has 10 heteroatoms. The van der Waals surface area contributed by atoms with Crippen LogP contribution in [0.4, 0.5) is 5.69 Å². The first-order chi connectivity index (χ1) is 11.8. The lowest BCUT2D eigenvalue weighted by Gasteiger charge is -2.14. The van der Waals surface area contributed by atoms with Crippen molar-refractivity contribution in [3.05, 3.63) is 46.5 Å². The summed E-state index contributed by atoms with van der Waals surface area (Å²) in [6, 6.07) is 6.97. The summed E-state index contributed by atoms with van der Waals surface area (Å²) in [5.41, 5.74) is -0.230. The van der Waals surface area contributed by atoms with Gasteiger partial charge >= 0.3 is 10.1 Å². The maximum absolute atomic E-state index is 12.3. The number of non-ortho nitro benzene ring substituents is 1. The highest BCUT2D eigenvalue weighted by Gasteiger charge is 2.21. The van der Waals surface area contributed by atoms with Crippen LogP contribution in [0, 0.1) is 10.1 Å². The molecule has 0 amide bonds. The van der Waals surface area contributed by atoms with Gasteiger partial charge in [-0.3, -0.25) is 10.1 Å². The maximum atomic E-state index is 12.3. The summed E-state index contributed by atoms with van der Waals surface area (Å²) in [7, 11) is -0.0269. The molecule has 0 atom stereocenters. The molecule has 134 valence electrons. The Morgan fingerprint density at radius 1 is 0.920 bits per heavy atom. The highest BCUT2D eigenvalue weighted by atomic mass is 32.2. The van der Waals surface area contributed by atoms with Gasteiger partial charge in [-0.1, -0.05) is 0 Å². The first-order valence-corrected chi connectivity index (χ1v) is 8.22. The van der Waals surface area contributed by atoms with Crippen LogP contribution >= 0.6 is 0 Å². The molecule has 0 bridgehead atoms. The molecule has 0 radical (unpaired) electrons. The van der Waals surface area contributed by atoms with Crippen molar-refractivity contribution in [3.8, 4) is 23.0 Å². The van der Waals surface area contributed by atoms with Gasteiger partial charge in [0.1, 0.15) is 4.90 Å². The zero-order valence-corrected chi connectivity index (χ0v) is 14.4. The molecule has 0 aliphatic rings. The largest absolute Gasteiger partial charge is 0.493 e. The molecule has 0 fully saturated rings. The molecule has 0 unspecified atom stereocenters. The number of ether oxygens (including phenoxy) is 3. The van der Waals surface area contributed by atoms with E-state index in [1.54, 1.807) is 0 Å². The highest BCUT2D eigenvalue weighted by Crippen LogP contribution is 2.41. The summed E-state index contributed by atoms with van der Waals surface area (Å²) in [4.78, 5) is 9.78. The molecule has 0 saturated carbocycles. The zero-order chi connectivity index (χ0) is 18.6. The number of methoxy groups -OCH3 is 3. The molecular weight excluding hydrogens is 354 g/mol. The number of benzene rings is 2. The molecule has 0 aliphatic carbocycles. The Morgan fingerprint density at radius 2 is 1.44 bits per heavy atom. The van der Waals surface area contributed by atoms with E-state index in [0.717, 1.165) is 24.3 Å². The van der Waals surface area contributed by atoms with Crippen molar-refractivity contribution in [2.45, 2.75) is 4.90 Å². The molecule has 2 aromatic carbocycles. The van der Waals surface area contributed by atoms with E-state index in [0.29, 0.717) is 0 Å². The first-order valence-electron chi connectivity index (χ1n) is 6.81. The van der Waals surface area contributed by atoms with Crippen LogP contribution in [-0.4, -0.2) is 34.7 Å². The predicted octanol–water partition coefficient (Wildman–Crippen LogP) is 2.39. The second-order valence-electron chi connectivity index (χ2n) is 4.65. The fourth-order valence-corrected chi connectivity index (χ4v) is 2.93. The number of hydrogen-bond donors (Lipinski definition) is 0. The van der Waals surface area contributed by atoms with Gasteiger partial charge < -0.3 is 18.4 Å². The highest BCUT2D eigenvalue weighted by molar-refractivity contribution is 7.87. The predicted molar refractivity (Wildman–Crippen MR) is 87.0 cm³/mol. The maximum Gasteiger partial charge on any atom is 0.339 e. The van der Waals surface area contributed by atoms with E-state index >= 15 is 0 Å². The fraction of sp³-hybridized carbons (Fsp3) is 0.200. The van der Waals surface area contributed by atoms with E-state index in [-0.39, 0.29) is 33.6 Å². The summed E-state index contributed by atoms with van der Waals surface area (Å²) in [6.45, 7) is 0. The third-order valence-corrected chi connectivity index (χ3v) is 4.44. The van der Waals surface area contributed by atoms with Gasteiger partial charge in [-0.05, 0) is 12.1 Å². The van der Waals surface area contributed by atoms with Crippen molar-refractivity contribution in [1.29, 1.82) is 0 Å². The molecule has 0 aliphatic heterocycles. The molecule has 0 aromatic heterocycles. The summed E-state index contributed by atoms with van der Waals surface area (Å²) in [6.07, 6.45) is 0. The van der Waals surface area contributed by atoms with Crippen molar-refractivity contribution >= 4 is 15.8 Å². The number of hydrogen-bond acceptors (Lipinski definition) is 8. The van der Waals surface area contributed by atoms with Crippen molar-refractivity contribution in [3.63, 3.8) is 0 Å². The van der Waals surface area contributed by atoms with Crippen LogP contribution in [0.15, 0.2) is 41.3 Å². The molecular formula is C15H15NO8S. The minimum atomic E-state index is -4.20. The van der Waals surface area contributed by atoms with Crippen molar-refractivity contribution < 1.29 is 31.7 Å². The van der Waals surface area contributed by atoms with Crippen LogP contribution < -0.4 is 18.4 Å². The Morgan fingerprint density at radius 3 is 1.84 bits per heavy atom. The Labute approximate surface area is 144 Å². The third kappa shape index (κ3) is 3.91. The van der Waals surface area contributed by atoms with Crippen LogP contribution in [0.5, 0.6) is 23.0 Å². The van der Waals surface area contributed by atoms with E-state index < -0.39 is 15.0 Å². The van der Waals surface area contributed by atoms with E-state index in [4.69, 9.17) is 18.4 Å². The minimum Gasteiger partial charge on any atom is -0.493 e. The smallest absolute Gasteiger partial charge is 0.339 e. The van der Waals surface area contributed by atoms with Crippen LogP contribution in [-0.2, 0) is 10.1 Å². The van der Waals surface area contributed by atoms with Gasteiger partial charge in [-0.2, -0.15) is 8.42 Å². The van der Waals surface area contributed by atoms with Crippen molar-refractivity contribution in [2.75, 3.05) is 21.3 Å². The number of nitro benzene ring substituents is 1. The summed E-state index contributed by atoms with van der Waals surface area (Å²) >= 11 is 0. The average Bonchev–Trinajstić information content (AvgIpc) is 2.60. The van der Waals surface area contributed by atoms with Gasteiger partial charge in [0.05, 0.1) is 26.3 Å². The lowest BCUT2D eigenvalue weighted by atomic mass is 10.2. The standard InChI is InChI=1S/C15H15NO8S/c1-21-13-8-11(9-14(22-2)15(13)23-3)24-25(19,20)12-6-4-10(5-7-12)16(17)18/h4-9H,1-3H3. The third-order valence-electron chi connectivity index (χ3n) is 3.18. The topological polar surface area (TPSA) is 114 Å². The minimum absolute atomic E-state index is 0.0622. The van der Waals surface area contributed by atoms with Gasteiger partial charge in [0, 0.05) is 24.3 Å². The van der Waals surface area contributed by atoms with Gasteiger partial charge in [0.2, 0.25) is 5.75 Å². The molecule has 0 heterocycles. The lowest BCUT2D eigenvalue weighted by molar-refractivity contribution is -0.384. The Bertz CT molecular complexity index is 852. The number of nitrogens with zero attached hydrogens (tertiary/aromatic N) is 1. The molecule has 25 heavy (non-hydrogen) atoms. The summed E-state index contributed by atoms with van der Waals surface area (Å²) in [5, 5.41) is 10.6. The number of rotatable bonds is 7. The fourth-order valence-electron chi connectivity index (χ4n) is 2.01. The number of nitro groups is 1. The van der Waals surface area contributed by atoms with Crippen LogP contribution in [0.2, 0.25) is 0 Å². The van der Waals surface area contributed by atoms with Crippen molar-refractivity contribution in [2.24, 2.45) is 0 Å². The van der Waals surface area contributed by atoms with E-state index in [9.17, 15) is 18.5 Å². The van der Waals surface area contributed by atoms with Gasteiger partial charge in [0.25, 0.3) is 5.69 Å². The summed E-state index contributed by atoms with van der Waals surface area (Å²) < 4.78 is 45.1. The van der Waals surface area contributed by atoms with Crippen LogP contribution in [0.25, 0.3) is 0 Å². The molecule has 2 rings (SSSR count). The normalized spacial score (nSPS) is 10.8. The second-order valence-corrected chi connectivity index (χ2v) is 6.20. The van der Waals surface area contributed by atoms with Crippen molar-refractivity contribution in [1.82, 2.24) is 0 Å². The lowest BCUT2D eigenvalue weighted by Crippen LogP contribution is -2.10. The Kier molecular flexibility index (Phi) is 5.32. The SMILES string of the molecule is COc1cc(OS(=O)(=O)c2ccc([N+](=O)[O-])cc2)cc(OC)c1OC. The molecule has 2 aromatic rings. The molecule has 9 nitrogen and oxygen atoms in total. The molecule has 0 N–H and O–H groups in total. The van der Waals surface area contributed by atoms with Crippen LogP contribution in [0.1, 0.15) is 0 Å². The first kappa shape index (κ1) is 18.3. The average molecular weight is 369 g/mol. The monoisotopic (exact) mass is 369 g/mol.